The minimum Gasteiger partial charge on any atom is -0.353 e. The van der Waals surface area contributed by atoms with E-state index in [1.807, 2.05) is 35.4 Å². The van der Waals surface area contributed by atoms with Crippen LogP contribution in [0, 0.1) is 5.82 Å². The van der Waals surface area contributed by atoms with Gasteiger partial charge in [0.05, 0.1) is 18.2 Å². The fourth-order valence-corrected chi connectivity index (χ4v) is 3.55. The standard InChI is InChI=1S/C22H22FN5O2/c23-19-8-2-1-5-16(19)15-27-12-10-24-22(30)20(27)14-21(29)26-17-6-3-7-18(13-17)28-11-4-9-25-28/h1-9,11,13,20H,10,12,14-15H2,(H,24,30)(H,26,29). The Bertz CT molecular complexity index is 1040. The number of carbonyl (C=O) groups excluding carboxylic acids is 2. The maximum Gasteiger partial charge on any atom is 0.237 e. The van der Waals surface area contributed by atoms with Gasteiger partial charge in [0, 0.05) is 43.3 Å². The first-order valence-electron chi connectivity index (χ1n) is 9.75. The molecule has 1 unspecified atom stereocenters. The number of amides is 2. The van der Waals surface area contributed by atoms with Crippen LogP contribution in [-0.2, 0) is 16.1 Å². The number of piperazine rings is 1. The van der Waals surface area contributed by atoms with Crippen LogP contribution in [-0.4, -0.2) is 45.6 Å². The molecule has 4 rings (SSSR count). The van der Waals surface area contributed by atoms with Crippen molar-refractivity contribution in [2.75, 3.05) is 18.4 Å². The minimum absolute atomic E-state index is 0.0215. The molecular formula is C22H22FN5O2. The van der Waals surface area contributed by atoms with Crippen LogP contribution in [0.5, 0.6) is 0 Å². The van der Waals surface area contributed by atoms with E-state index in [0.29, 0.717) is 24.3 Å². The van der Waals surface area contributed by atoms with Crippen molar-refractivity contribution in [1.82, 2.24) is 20.0 Å². The zero-order valence-electron chi connectivity index (χ0n) is 16.3. The third-order valence-electron chi connectivity index (χ3n) is 5.05. The van der Waals surface area contributed by atoms with Gasteiger partial charge in [-0.2, -0.15) is 5.10 Å². The maximum absolute atomic E-state index is 14.1. The molecular weight excluding hydrogens is 385 g/mol. The Hall–Kier alpha value is -3.52. The van der Waals surface area contributed by atoms with Crippen molar-refractivity contribution in [1.29, 1.82) is 0 Å². The number of anilines is 1. The normalized spacial score (nSPS) is 16.8. The maximum atomic E-state index is 14.1. The first-order valence-corrected chi connectivity index (χ1v) is 9.75. The van der Waals surface area contributed by atoms with Gasteiger partial charge in [0.25, 0.3) is 0 Å². The first-order chi connectivity index (χ1) is 14.6. The summed E-state index contributed by atoms with van der Waals surface area (Å²) in [5.74, 6) is -0.826. The molecule has 0 saturated carbocycles. The zero-order chi connectivity index (χ0) is 20.9. The van der Waals surface area contributed by atoms with Crippen molar-refractivity contribution in [2.45, 2.75) is 19.0 Å². The summed E-state index contributed by atoms with van der Waals surface area (Å²) in [7, 11) is 0. The lowest BCUT2D eigenvalue weighted by atomic mass is 10.1. The molecule has 0 spiro atoms. The van der Waals surface area contributed by atoms with Gasteiger partial charge >= 0.3 is 0 Å². The highest BCUT2D eigenvalue weighted by Gasteiger charge is 2.32. The van der Waals surface area contributed by atoms with Crippen LogP contribution in [0.15, 0.2) is 67.0 Å². The molecule has 2 aromatic carbocycles. The molecule has 8 heteroatoms. The van der Waals surface area contributed by atoms with Gasteiger partial charge in [-0.1, -0.05) is 24.3 Å². The highest BCUT2D eigenvalue weighted by atomic mass is 19.1. The largest absolute Gasteiger partial charge is 0.353 e. The Labute approximate surface area is 173 Å². The van der Waals surface area contributed by atoms with Gasteiger partial charge in [-0.3, -0.25) is 14.5 Å². The second-order valence-corrected chi connectivity index (χ2v) is 7.12. The molecule has 30 heavy (non-hydrogen) atoms. The van der Waals surface area contributed by atoms with Crippen LogP contribution in [0.1, 0.15) is 12.0 Å². The van der Waals surface area contributed by atoms with E-state index in [9.17, 15) is 14.0 Å². The Morgan fingerprint density at radius 1 is 1.20 bits per heavy atom. The van der Waals surface area contributed by atoms with Gasteiger partial charge in [-0.25, -0.2) is 9.07 Å². The van der Waals surface area contributed by atoms with E-state index in [1.54, 1.807) is 35.1 Å². The lowest BCUT2D eigenvalue weighted by molar-refractivity contribution is -0.132. The molecule has 7 nitrogen and oxygen atoms in total. The highest BCUT2D eigenvalue weighted by molar-refractivity contribution is 5.95. The lowest BCUT2D eigenvalue weighted by Gasteiger charge is -2.34. The number of aromatic nitrogens is 2. The predicted molar refractivity (Wildman–Crippen MR) is 110 cm³/mol. The average Bonchev–Trinajstić information content (AvgIpc) is 3.27. The van der Waals surface area contributed by atoms with Crippen molar-refractivity contribution >= 4 is 17.5 Å². The van der Waals surface area contributed by atoms with Gasteiger partial charge in [-0.05, 0) is 30.3 Å². The van der Waals surface area contributed by atoms with E-state index in [1.165, 1.54) is 6.07 Å². The SMILES string of the molecule is O=C(CC1C(=O)NCCN1Cc1ccccc1F)Nc1cccc(-n2cccn2)c1. The molecule has 1 atom stereocenters. The van der Waals surface area contributed by atoms with Crippen LogP contribution in [0.2, 0.25) is 0 Å². The summed E-state index contributed by atoms with van der Waals surface area (Å²) in [5, 5.41) is 9.82. The van der Waals surface area contributed by atoms with Crippen molar-refractivity contribution in [3.8, 4) is 5.69 Å². The summed E-state index contributed by atoms with van der Waals surface area (Å²) in [6.07, 6.45) is 3.47. The highest BCUT2D eigenvalue weighted by Crippen LogP contribution is 2.18. The Morgan fingerprint density at radius 2 is 2.07 bits per heavy atom. The molecule has 2 heterocycles. The van der Waals surface area contributed by atoms with E-state index < -0.39 is 6.04 Å². The van der Waals surface area contributed by atoms with Crippen molar-refractivity contribution in [3.05, 3.63) is 78.4 Å². The molecule has 1 aliphatic heterocycles. The van der Waals surface area contributed by atoms with Crippen LogP contribution in [0.3, 0.4) is 0 Å². The summed E-state index contributed by atoms with van der Waals surface area (Å²) in [6, 6.07) is 14.9. The number of hydrogen-bond donors (Lipinski definition) is 2. The second kappa shape index (κ2) is 8.87. The molecule has 154 valence electrons. The molecule has 2 N–H and O–H groups in total. The topological polar surface area (TPSA) is 79.3 Å². The number of nitrogens with one attached hydrogen (secondary N) is 2. The summed E-state index contributed by atoms with van der Waals surface area (Å²) >= 11 is 0. The number of rotatable bonds is 6. The molecule has 2 amide bonds. The smallest absolute Gasteiger partial charge is 0.237 e. The van der Waals surface area contributed by atoms with E-state index in [2.05, 4.69) is 15.7 Å². The third-order valence-corrected chi connectivity index (χ3v) is 5.05. The van der Waals surface area contributed by atoms with Gasteiger partial charge < -0.3 is 10.6 Å². The van der Waals surface area contributed by atoms with Gasteiger partial charge in [0.1, 0.15) is 5.82 Å². The Kier molecular flexibility index (Phi) is 5.85. The van der Waals surface area contributed by atoms with Crippen LogP contribution < -0.4 is 10.6 Å². The average molecular weight is 407 g/mol. The second-order valence-electron chi connectivity index (χ2n) is 7.12. The quantitative estimate of drug-likeness (QED) is 0.658. The number of halogens is 1. The first kappa shape index (κ1) is 19.8. The van der Waals surface area contributed by atoms with E-state index >= 15 is 0 Å². The molecule has 1 aliphatic rings. The van der Waals surface area contributed by atoms with E-state index in [0.717, 1.165) is 5.69 Å². The lowest BCUT2D eigenvalue weighted by Crippen LogP contribution is -2.55. The van der Waals surface area contributed by atoms with Gasteiger partial charge in [0.2, 0.25) is 11.8 Å². The summed E-state index contributed by atoms with van der Waals surface area (Å²) < 4.78 is 15.8. The van der Waals surface area contributed by atoms with Crippen LogP contribution in [0.25, 0.3) is 5.69 Å². The predicted octanol–water partition coefficient (Wildman–Crippen LogP) is 2.34. The van der Waals surface area contributed by atoms with Gasteiger partial charge in [0.15, 0.2) is 0 Å². The minimum atomic E-state index is -0.660. The van der Waals surface area contributed by atoms with Crippen molar-refractivity contribution in [2.24, 2.45) is 0 Å². The van der Waals surface area contributed by atoms with Crippen LogP contribution >= 0.6 is 0 Å². The molecule has 1 aromatic heterocycles. The van der Waals surface area contributed by atoms with E-state index in [-0.39, 0.29) is 30.6 Å². The summed E-state index contributed by atoms with van der Waals surface area (Å²) in [5.41, 5.74) is 1.93. The van der Waals surface area contributed by atoms with Crippen molar-refractivity contribution in [3.63, 3.8) is 0 Å². The van der Waals surface area contributed by atoms with Crippen molar-refractivity contribution < 1.29 is 14.0 Å². The van der Waals surface area contributed by atoms with Gasteiger partial charge in [-0.15, -0.1) is 0 Å². The Morgan fingerprint density at radius 3 is 2.87 bits per heavy atom. The van der Waals surface area contributed by atoms with Crippen LogP contribution in [0.4, 0.5) is 10.1 Å². The molecule has 1 saturated heterocycles. The third kappa shape index (κ3) is 4.55. The number of carbonyl (C=O) groups is 2. The summed E-state index contributed by atoms with van der Waals surface area (Å²) in [4.78, 5) is 27.0. The monoisotopic (exact) mass is 407 g/mol. The zero-order valence-corrected chi connectivity index (χ0v) is 16.3. The number of benzene rings is 2. The fourth-order valence-electron chi connectivity index (χ4n) is 3.55. The molecule has 1 fully saturated rings. The number of hydrogen-bond acceptors (Lipinski definition) is 4. The molecule has 0 radical (unpaired) electrons. The molecule has 0 aliphatic carbocycles. The number of nitrogens with zero attached hydrogens (tertiary/aromatic N) is 3. The van der Waals surface area contributed by atoms with E-state index in [4.69, 9.17) is 0 Å². The molecule has 3 aromatic rings. The summed E-state index contributed by atoms with van der Waals surface area (Å²) in [6.45, 7) is 1.29. The fraction of sp³-hybridized carbons (Fsp3) is 0.227. The Balaban J connectivity index is 1.44. The molecule has 0 bridgehead atoms.